The van der Waals surface area contributed by atoms with Crippen LogP contribution in [0.5, 0.6) is 0 Å². The van der Waals surface area contributed by atoms with E-state index in [1.165, 1.54) is 6.20 Å². The normalized spacial score (nSPS) is 13.5. The highest BCUT2D eigenvalue weighted by atomic mass is 32.2. The van der Waals surface area contributed by atoms with Crippen LogP contribution in [0.25, 0.3) is 0 Å². The van der Waals surface area contributed by atoms with Gasteiger partial charge in [-0.05, 0) is 25.8 Å². The molecule has 0 amide bonds. The molecule has 1 unspecified atom stereocenters. The second kappa shape index (κ2) is 6.41. The fourth-order valence-corrected chi connectivity index (χ4v) is 3.32. The molecule has 1 atom stereocenters. The molecule has 0 radical (unpaired) electrons. The number of hydrogen-bond acceptors (Lipinski definition) is 3. The van der Waals surface area contributed by atoms with Crippen molar-refractivity contribution in [3.8, 4) is 0 Å². The summed E-state index contributed by atoms with van der Waals surface area (Å²) in [6, 6.07) is 9.47. The molecule has 1 aromatic carbocycles. The number of hydrogen-bond donors (Lipinski definition) is 1. The van der Waals surface area contributed by atoms with Crippen LogP contribution in [0.3, 0.4) is 0 Å². The first-order valence-corrected chi connectivity index (χ1v) is 8.53. The van der Waals surface area contributed by atoms with Crippen molar-refractivity contribution in [3.05, 3.63) is 48.3 Å². The highest BCUT2D eigenvalue weighted by Gasteiger charge is 2.22. The van der Waals surface area contributed by atoms with Crippen molar-refractivity contribution in [1.29, 1.82) is 0 Å². The van der Waals surface area contributed by atoms with E-state index in [0.29, 0.717) is 6.42 Å². The van der Waals surface area contributed by atoms with Crippen molar-refractivity contribution in [1.82, 2.24) is 14.5 Å². The van der Waals surface area contributed by atoms with Crippen LogP contribution in [0.15, 0.2) is 47.6 Å². The minimum absolute atomic E-state index is 0.130. The van der Waals surface area contributed by atoms with E-state index in [-0.39, 0.29) is 17.0 Å². The summed E-state index contributed by atoms with van der Waals surface area (Å²) in [6.45, 7) is 5.86. The zero-order valence-corrected chi connectivity index (χ0v) is 13.3. The molecule has 0 saturated carbocycles. The van der Waals surface area contributed by atoms with Gasteiger partial charge in [-0.1, -0.05) is 37.3 Å². The molecular weight excluding hydrogens is 286 g/mol. The minimum atomic E-state index is -3.57. The molecule has 1 heterocycles. The van der Waals surface area contributed by atoms with Crippen molar-refractivity contribution >= 4 is 10.0 Å². The quantitative estimate of drug-likeness (QED) is 0.892. The maximum atomic E-state index is 12.4. The van der Waals surface area contributed by atoms with Gasteiger partial charge in [-0.15, -0.1) is 0 Å². The molecule has 0 spiro atoms. The first-order valence-electron chi connectivity index (χ1n) is 7.05. The number of sulfonamides is 1. The lowest BCUT2D eigenvalue weighted by Gasteiger charge is -2.16. The predicted octanol–water partition coefficient (Wildman–Crippen LogP) is 2.89. The van der Waals surface area contributed by atoms with E-state index in [1.54, 1.807) is 10.9 Å². The van der Waals surface area contributed by atoms with E-state index in [4.69, 9.17) is 0 Å². The Labute approximate surface area is 126 Å². The lowest BCUT2D eigenvalue weighted by atomic mass is 10.1. The van der Waals surface area contributed by atoms with Crippen LogP contribution in [0, 0.1) is 0 Å². The molecule has 21 heavy (non-hydrogen) atoms. The van der Waals surface area contributed by atoms with Gasteiger partial charge < -0.3 is 0 Å². The molecule has 114 valence electrons. The van der Waals surface area contributed by atoms with Gasteiger partial charge in [0.05, 0.1) is 6.20 Å². The molecule has 0 aliphatic rings. The van der Waals surface area contributed by atoms with Crippen molar-refractivity contribution in [3.63, 3.8) is 0 Å². The fourth-order valence-electron chi connectivity index (χ4n) is 2.07. The van der Waals surface area contributed by atoms with Gasteiger partial charge in [0, 0.05) is 18.3 Å². The summed E-state index contributed by atoms with van der Waals surface area (Å²) < 4.78 is 29.3. The van der Waals surface area contributed by atoms with Crippen molar-refractivity contribution in [2.24, 2.45) is 0 Å². The summed E-state index contributed by atoms with van der Waals surface area (Å²) in [5.74, 6) is 0. The smallest absolute Gasteiger partial charge is 0.244 e. The zero-order valence-electron chi connectivity index (χ0n) is 12.5. The molecule has 5 nitrogen and oxygen atoms in total. The first kappa shape index (κ1) is 15.7. The van der Waals surface area contributed by atoms with Gasteiger partial charge in [-0.2, -0.15) is 5.10 Å². The second-order valence-corrected chi connectivity index (χ2v) is 6.96. The van der Waals surface area contributed by atoms with Crippen LogP contribution >= 0.6 is 0 Å². The van der Waals surface area contributed by atoms with Gasteiger partial charge in [0.15, 0.2) is 0 Å². The molecular formula is C15H21N3O2S. The summed E-state index contributed by atoms with van der Waals surface area (Å²) in [4.78, 5) is 0.200. The van der Waals surface area contributed by atoms with E-state index >= 15 is 0 Å². The van der Waals surface area contributed by atoms with E-state index in [1.807, 2.05) is 51.1 Å². The van der Waals surface area contributed by atoms with Gasteiger partial charge in [0.1, 0.15) is 4.90 Å². The Morgan fingerprint density at radius 2 is 1.90 bits per heavy atom. The summed E-state index contributed by atoms with van der Waals surface area (Å²) >= 11 is 0. The number of nitrogens with one attached hydrogen (secondary N) is 1. The van der Waals surface area contributed by atoms with E-state index < -0.39 is 10.0 Å². The SMILES string of the molecule is CCC(NS(=O)(=O)c1cnn(C(C)C)c1)c1ccccc1. The van der Waals surface area contributed by atoms with Crippen LogP contribution in [0.1, 0.15) is 44.8 Å². The third-order valence-electron chi connectivity index (χ3n) is 3.32. The van der Waals surface area contributed by atoms with Gasteiger partial charge in [-0.3, -0.25) is 4.68 Å². The van der Waals surface area contributed by atoms with Gasteiger partial charge in [0.25, 0.3) is 0 Å². The molecule has 1 aromatic heterocycles. The number of nitrogens with zero attached hydrogens (tertiary/aromatic N) is 2. The van der Waals surface area contributed by atoms with Crippen LogP contribution in [0.2, 0.25) is 0 Å². The van der Waals surface area contributed by atoms with Gasteiger partial charge >= 0.3 is 0 Å². The predicted molar refractivity (Wildman–Crippen MR) is 82.4 cm³/mol. The average Bonchev–Trinajstić information content (AvgIpc) is 2.96. The third kappa shape index (κ3) is 3.71. The molecule has 0 bridgehead atoms. The van der Waals surface area contributed by atoms with Gasteiger partial charge in [0.2, 0.25) is 10.0 Å². The van der Waals surface area contributed by atoms with Crippen molar-refractivity contribution < 1.29 is 8.42 Å². The van der Waals surface area contributed by atoms with E-state index in [9.17, 15) is 8.42 Å². The molecule has 0 fully saturated rings. The molecule has 6 heteroatoms. The third-order valence-corrected chi connectivity index (χ3v) is 4.75. The Hall–Kier alpha value is -1.66. The zero-order chi connectivity index (χ0) is 15.5. The summed E-state index contributed by atoms with van der Waals surface area (Å²) in [5.41, 5.74) is 0.958. The Bertz CT molecular complexity index is 678. The molecule has 0 aliphatic heterocycles. The molecule has 1 N–H and O–H groups in total. The lowest BCUT2D eigenvalue weighted by Crippen LogP contribution is -2.28. The lowest BCUT2D eigenvalue weighted by molar-refractivity contribution is 0.529. The largest absolute Gasteiger partial charge is 0.269 e. The Morgan fingerprint density at radius 1 is 1.24 bits per heavy atom. The molecule has 2 aromatic rings. The Morgan fingerprint density at radius 3 is 2.43 bits per heavy atom. The van der Waals surface area contributed by atoms with Crippen LogP contribution < -0.4 is 4.72 Å². The fraction of sp³-hybridized carbons (Fsp3) is 0.400. The summed E-state index contributed by atoms with van der Waals surface area (Å²) in [7, 11) is -3.57. The van der Waals surface area contributed by atoms with Gasteiger partial charge in [-0.25, -0.2) is 13.1 Å². The van der Waals surface area contributed by atoms with Crippen LogP contribution in [0.4, 0.5) is 0 Å². The maximum Gasteiger partial charge on any atom is 0.244 e. The topological polar surface area (TPSA) is 64.0 Å². The molecule has 0 saturated heterocycles. The first-order chi connectivity index (χ1) is 9.94. The Balaban J connectivity index is 2.23. The second-order valence-electron chi connectivity index (χ2n) is 5.24. The number of benzene rings is 1. The van der Waals surface area contributed by atoms with Crippen LogP contribution in [-0.4, -0.2) is 18.2 Å². The Kier molecular flexibility index (Phi) is 4.80. The standard InChI is InChI=1S/C15H21N3O2S/c1-4-15(13-8-6-5-7-9-13)17-21(19,20)14-10-16-18(11-14)12(2)3/h5-12,15,17H,4H2,1-3H3. The highest BCUT2D eigenvalue weighted by Crippen LogP contribution is 2.20. The minimum Gasteiger partial charge on any atom is -0.269 e. The summed E-state index contributed by atoms with van der Waals surface area (Å²) in [5, 5.41) is 4.09. The van der Waals surface area contributed by atoms with E-state index in [2.05, 4.69) is 9.82 Å². The molecule has 0 aliphatic carbocycles. The van der Waals surface area contributed by atoms with E-state index in [0.717, 1.165) is 5.56 Å². The number of aromatic nitrogens is 2. The van der Waals surface area contributed by atoms with Crippen molar-refractivity contribution in [2.75, 3.05) is 0 Å². The van der Waals surface area contributed by atoms with Crippen LogP contribution in [-0.2, 0) is 10.0 Å². The highest BCUT2D eigenvalue weighted by molar-refractivity contribution is 7.89. The maximum absolute atomic E-state index is 12.4. The summed E-state index contributed by atoms with van der Waals surface area (Å²) in [6.07, 6.45) is 3.63. The monoisotopic (exact) mass is 307 g/mol. The number of rotatable bonds is 6. The molecule has 2 rings (SSSR count). The average molecular weight is 307 g/mol. The van der Waals surface area contributed by atoms with Crippen molar-refractivity contribution in [2.45, 2.75) is 44.2 Å².